The van der Waals surface area contributed by atoms with Crippen LogP contribution in [-0.4, -0.2) is 30.8 Å². The summed E-state index contributed by atoms with van der Waals surface area (Å²) in [4.78, 5) is 14.0. The lowest BCUT2D eigenvalue weighted by molar-refractivity contribution is 0.0976. The highest BCUT2D eigenvalue weighted by molar-refractivity contribution is 9.10. The molecule has 1 aromatic rings. The summed E-state index contributed by atoms with van der Waals surface area (Å²) >= 11 is 3.36. The molecule has 0 aliphatic heterocycles. The third-order valence-electron chi connectivity index (χ3n) is 2.65. The Hall–Kier alpha value is -0.670. The van der Waals surface area contributed by atoms with Gasteiger partial charge in [-0.25, -0.2) is 0 Å². The molecule has 0 aliphatic rings. The molecule has 3 heteroatoms. The first-order valence-electron chi connectivity index (χ1n) is 5.60. The van der Waals surface area contributed by atoms with Crippen LogP contribution in [0.15, 0.2) is 28.7 Å². The molecular weight excluding hydrogens is 266 g/mol. The molecule has 2 nitrogen and oxygen atoms in total. The van der Waals surface area contributed by atoms with E-state index >= 15 is 0 Å². The van der Waals surface area contributed by atoms with E-state index in [0.717, 1.165) is 29.5 Å². The van der Waals surface area contributed by atoms with Crippen LogP contribution in [0.2, 0.25) is 0 Å². The Balaban J connectivity index is 2.38. The van der Waals surface area contributed by atoms with Crippen molar-refractivity contribution in [2.45, 2.75) is 19.8 Å². The van der Waals surface area contributed by atoms with Crippen molar-refractivity contribution in [1.82, 2.24) is 4.90 Å². The van der Waals surface area contributed by atoms with Crippen molar-refractivity contribution >= 4 is 21.7 Å². The van der Waals surface area contributed by atoms with Gasteiger partial charge in [0.25, 0.3) is 0 Å². The number of Topliss-reactive ketones (excluding diaryl/α,β-unsaturated/α-hetero) is 1. The number of hydrogen-bond acceptors (Lipinski definition) is 2. The van der Waals surface area contributed by atoms with Crippen LogP contribution < -0.4 is 0 Å². The largest absolute Gasteiger partial charge is 0.307 e. The SMILES string of the molecule is CCN(C)CCCC(=O)c1ccc(Br)cc1. The summed E-state index contributed by atoms with van der Waals surface area (Å²) in [5.74, 6) is 0.233. The summed E-state index contributed by atoms with van der Waals surface area (Å²) < 4.78 is 1.01. The van der Waals surface area contributed by atoms with Crippen LogP contribution in [-0.2, 0) is 0 Å². The molecular formula is C13H18BrNO. The van der Waals surface area contributed by atoms with Gasteiger partial charge in [0, 0.05) is 16.5 Å². The van der Waals surface area contributed by atoms with Gasteiger partial charge < -0.3 is 4.90 Å². The Labute approximate surface area is 106 Å². The lowest BCUT2D eigenvalue weighted by Gasteiger charge is -2.12. The number of carbonyl (C=O) groups is 1. The molecule has 0 aromatic heterocycles. The van der Waals surface area contributed by atoms with E-state index in [4.69, 9.17) is 0 Å². The van der Waals surface area contributed by atoms with Crippen molar-refractivity contribution < 1.29 is 4.79 Å². The van der Waals surface area contributed by atoms with Gasteiger partial charge in [-0.15, -0.1) is 0 Å². The number of nitrogens with zero attached hydrogens (tertiary/aromatic N) is 1. The molecule has 88 valence electrons. The molecule has 0 fully saturated rings. The van der Waals surface area contributed by atoms with Crippen LogP contribution in [0, 0.1) is 0 Å². The van der Waals surface area contributed by atoms with E-state index in [1.54, 1.807) is 0 Å². The molecule has 0 aliphatic carbocycles. The molecule has 0 saturated heterocycles. The standard InChI is InChI=1S/C13H18BrNO/c1-3-15(2)10-4-5-13(16)11-6-8-12(14)9-7-11/h6-9H,3-5,10H2,1-2H3. The zero-order valence-electron chi connectivity index (χ0n) is 9.87. The molecule has 0 bridgehead atoms. The topological polar surface area (TPSA) is 20.3 Å². The third-order valence-corrected chi connectivity index (χ3v) is 3.18. The van der Waals surface area contributed by atoms with Crippen LogP contribution in [0.5, 0.6) is 0 Å². The van der Waals surface area contributed by atoms with Gasteiger partial charge in [0.05, 0.1) is 0 Å². The van der Waals surface area contributed by atoms with Crippen molar-refractivity contribution in [2.75, 3.05) is 20.1 Å². The van der Waals surface area contributed by atoms with Crippen LogP contribution >= 0.6 is 15.9 Å². The summed E-state index contributed by atoms with van der Waals surface area (Å²) in [5.41, 5.74) is 0.808. The maximum atomic E-state index is 11.8. The predicted octanol–water partition coefficient (Wildman–Crippen LogP) is 3.36. The third kappa shape index (κ3) is 4.45. The highest BCUT2D eigenvalue weighted by atomic mass is 79.9. The van der Waals surface area contributed by atoms with Gasteiger partial charge >= 0.3 is 0 Å². The van der Waals surface area contributed by atoms with Gasteiger partial charge in [-0.1, -0.05) is 35.0 Å². The number of hydrogen-bond donors (Lipinski definition) is 0. The Morgan fingerprint density at radius 3 is 2.50 bits per heavy atom. The van der Waals surface area contributed by atoms with Crippen LogP contribution in [0.25, 0.3) is 0 Å². The molecule has 0 saturated carbocycles. The van der Waals surface area contributed by atoms with Gasteiger partial charge in [-0.05, 0) is 38.7 Å². The summed E-state index contributed by atoms with van der Waals surface area (Å²) in [7, 11) is 2.07. The van der Waals surface area contributed by atoms with E-state index in [1.807, 2.05) is 24.3 Å². The van der Waals surface area contributed by atoms with E-state index in [1.165, 1.54) is 0 Å². The summed E-state index contributed by atoms with van der Waals surface area (Å²) in [6.07, 6.45) is 1.56. The Kier molecular flexibility index (Phi) is 5.71. The normalized spacial score (nSPS) is 10.8. The van der Waals surface area contributed by atoms with E-state index < -0.39 is 0 Å². The molecule has 0 atom stereocenters. The quantitative estimate of drug-likeness (QED) is 0.746. The predicted molar refractivity (Wildman–Crippen MR) is 70.9 cm³/mol. The molecule has 0 heterocycles. The maximum Gasteiger partial charge on any atom is 0.162 e. The molecule has 16 heavy (non-hydrogen) atoms. The average Bonchev–Trinajstić information content (AvgIpc) is 2.29. The second kappa shape index (κ2) is 6.81. The van der Waals surface area contributed by atoms with Crippen LogP contribution in [0.4, 0.5) is 0 Å². The van der Waals surface area contributed by atoms with Crippen molar-refractivity contribution in [3.05, 3.63) is 34.3 Å². The Morgan fingerprint density at radius 2 is 1.94 bits per heavy atom. The molecule has 0 radical (unpaired) electrons. The minimum atomic E-state index is 0.233. The van der Waals surface area contributed by atoms with Crippen molar-refractivity contribution in [2.24, 2.45) is 0 Å². The number of benzene rings is 1. The van der Waals surface area contributed by atoms with E-state index in [0.29, 0.717) is 6.42 Å². The molecule has 0 amide bonds. The zero-order chi connectivity index (χ0) is 12.0. The van der Waals surface area contributed by atoms with Gasteiger partial charge in [0.15, 0.2) is 5.78 Å². The number of carbonyl (C=O) groups excluding carboxylic acids is 1. The van der Waals surface area contributed by atoms with Crippen molar-refractivity contribution in [3.8, 4) is 0 Å². The van der Waals surface area contributed by atoms with Crippen molar-refractivity contribution in [3.63, 3.8) is 0 Å². The van der Waals surface area contributed by atoms with Gasteiger partial charge in [0.2, 0.25) is 0 Å². The van der Waals surface area contributed by atoms with Crippen molar-refractivity contribution in [1.29, 1.82) is 0 Å². The first-order valence-corrected chi connectivity index (χ1v) is 6.40. The van der Waals surface area contributed by atoms with E-state index in [9.17, 15) is 4.79 Å². The average molecular weight is 284 g/mol. The molecule has 0 unspecified atom stereocenters. The first kappa shape index (κ1) is 13.4. The Bertz CT molecular complexity index is 334. The molecule has 1 rings (SSSR count). The van der Waals surface area contributed by atoms with E-state index in [2.05, 4.69) is 34.8 Å². The minimum Gasteiger partial charge on any atom is -0.307 e. The van der Waals surface area contributed by atoms with Crippen LogP contribution in [0.1, 0.15) is 30.1 Å². The first-order chi connectivity index (χ1) is 7.63. The smallest absolute Gasteiger partial charge is 0.162 e. The number of halogens is 1. The maximum absolute atomic E-state index is 11.8. The number of ketones is 1. The fraction of sp³-hybridized carbons (Fsp3) is 0.462. The molecule has 1 aromatic carbocycles. The minimum absolute atomic E-state index is 0.233. The fourth-order valence-corrected chi connectivity index (χ4v) is 1.71. The second-order valence-corrected chi connectivity index (χ2v) is 4.85. The Morgan fingerprint density at radius 1 is 1.31 bits per heavy atom. The highest BCUT2D eigenvalue weighted by Gasteiger charge is 2.05. The van der Waals surface area contributed by atoms with Gasteiger partial charge in [0.1, 0.15) is 0 Å². The molecule has 0 N–H and O–H groups in total. The summed E-state index contributed by atoms with van der Waals surface area (Å²) in [6, 6.07) is 7.56. The molecule has 0 spiro atoms. The summed E-state index contributed by atoms with van der Waals surface area (Å²) in [6.45, 7) is 4.14. The van der Waals surface area contributed by atoms with E-state index in [-0.39, 0.29) is 5.78 Å². The van der Waals surface area contributed by atoms with Gasteiger partial charge in [-0.3, -0.25) is 4.79 Å². The zero-order valence-corrected chi connectivity index (χ0v) is 11.5. The van der Waals surface area contributed by atoms with Crippen LogP contribution in [0.3, 0.4) is 0 Å². The second-order valence-electron chi connectivity index (χ2n) is 3.93. The van der Waals surface area contributed by atoms with Gasteiger partial charge in [-0.2, -0.15) is 0 Å². The monoisotopic (exact) mass is 283 g/mol. The number of rotatable bonds is 6. The highest BCUT2D eigenvalue weighted by Crippen LogP contribution is 2.12. The summed E-state index contributed by atoms with van der Waals surface area (Å²) in [5, 5.41) is 0. The lowest BCUT2D eigenvalue weighted by atomic mass is 10.1. The lowest BCUT2D eigenvalue weighted by Crippen LogP contribution is -2.19. The fourth-order valence-electron chi connectivity index (χ4n) is 1.45.